The van der Waals surface area contributed by atoms with E-state index in [1.54, 1.807) is 51.7 Å². The zero-order chi connectivity index (χ0) is 37.0. The lowest BCUT2D eigenvalue weighted by Gasteiger charge is -2.39. The minimum Gasteiger partial charge on any atom is -0.497 e. The van der Waals surface area contributed by atoms with Crippen LogP contribution in [0.1, 0.15) is 24.5 Å². The normalized spacial score (nSPS) is 19.9. The number of aryl methyl sites for hydroxylation is 1. The third-order valence-electron chi connectivity index (χ3n) is 7.33. The van der Waals surface area contributed by atoms with E-state index in [1.165, 1.54) is 42.0 Å². The van der Waals surface area contributed by atoms with Gasteiger partial charge in [0.05, 0.1) is 30.7 Å². The van der Waals surface area contributed by atoms with Crippen molar-refractivity contribution in [2.45, 2.75) is 50.4 Å². The van der Waals surface area contributed by atoms with Gasteiger partial charge < -0.3 is 34.7 Å². The summed E-state index contributed by atoms with van der Waals surface area (Å²) in [5.41, 5.74) is 8.71. The third-order valence-corrected chi connectivity index (χ3v) is 9.52. The van der Waals surface area contributed by atoms with Crippen LogP contribution < -0.4 is 25.8 Å². The van der Waals surface area contributed by atoms with Crippen molar-refractivity contribution in [1.29, 1.82) is 0 Å². The number of amidine groups is 2. The van der Waals surface area contributed by atoms with Gasteiger partial charge in [-0.05, 0) is 86.1 Å². The molecule has 0 radical (unpaired) electrons. The molecule has 0 aromatic heterocycles. The van der Waals surface area contributed by atoms with E-state index in [-0.39, 0.29) is 35.3 Å². The van der Waals surface area contributed by atoms with Gasteiger partial charge in [-0.1, -0.05) is 11.8 Å². The molecule has 0 unspecified atom stereocenters. The van der Waals surface area contributed by atoms with Gasteiger partial charge in [-0.2, -0.15) is 0 Å². The number of hydrogen-bond donors (Lipinski definition) is 3. The fourth-order valence-corrected chi connectivity index (χ4v) is 7.15. The Kier molecular flexibility index (Phi) is 14.6. The molecule has 1 saturated heterocycles. The minimum absolute atomic E-state index is 0.000173. The van der Waals surface area contributed by atoms with Crippen LogP contribution in [0.25, 0.3) is 0 Å². The molecule has 1 aliphatic rings. The second-order valence-corrected chi connectivity index (χ2v) is 13.4. The summed E-state index contributed by atoms with van der Waals surface area (Å²) in [6.45, 7) is 3.90. The van der Waals surface area contributed by atoms with Gasteiger partial charge in [-0.25, -0.2) is 19.8 Å². The van der Waals surface area contributed by atoms with Crippen LogP contribution in [0.3, 0.4) is 0 Å². The summed E-state index contributed by atoms with van der Waals surface area (Å²) in [6.07, 6.45) is -3.23. The first-order chi connectivity index (χ1) is 24.4. The van der Waals surface area contributed by atoms with Crippen molar-refractivity contribution in [3.05, 3.63) is 77.9 Å². The number of halogens is 3. The first kappa shape index (κ1) is 39.5. The van der Waals surface area contributed by atoms with E-state index < -0.39 is 12.4 Å². The zero-order valence-electron chi connectivity index (χ0n) is 28.5. The Morgan fingerprint density at radius 1 is 1.04 bits per heavy atom. The number of anilines is 1. The Hall–Kier alpha value is -4.29. The molecule has 1 aliphatic heterocycles. The highest BCUT2D eigenvalue weighted by molar-refractivity contribution is 8.24. The number of carbonyl (C=O) groups is 1. The highest BCUT2D eigenvalue weighted by Crippen LogP contribution is 2.33. The Bertz CT molecular complexity index is 1690. The Morgan fingerprint density at radius 2 is 1.75 bits per heavy atom. The molecule has 4 rings (SSSR count). The van der Waals surface area contributed by atoms with Crippen LogP contribution in [0.2, 0.25) is 0 Å². The number of thioether (sulfide) groups is 2. The van der Waals surface area contributed by atoms with Crippen molar-refractivity contribution >= 4 is 64.0 Å². The average Bonchev–Trinajstić information content (AvgIpc) is 3.09. The summed E-state index contributed by atoms with van der Waals surface area (Å²) < 4.78 is 63.7. The van der Waals surface area contributed by atoms with E-state index in [0.29, 0.717) is 38.6 Å². The van der Waals surface area contributed by atoms with Crippen molar-refractivity contribution < 1.29 is 41.7 Å². The molecule has 12 nitrogen and oxygen atoms in total. The second kappa shape index (κ2) is 18.8. The first-order valence-corrected chi connectivity index (χ1v) is 17.5. The number of aliphatic imine (C=N–C) groups is 3. The molecule has 2 amide bonds. The van der Waals surface area contributed by atoms with E-state index in [0.717, 1.165) is 24.1 Å². The molecule has 0 spiro atoms. The molecular weight excluding hydrogens is 710 g/mol. The molecule has 51 heavy (non-hydrogen) atoms. The standard InChI is InChI=1S/C34H39F3N6O6S2/c1-20-16-26(45-3)14-15-27(20)42-33(51-19-50-31-29(47-5)28(46-4)17-21(2)48-31)43-32(44)41-24-8-6-22(7-9-24)30(38)40-18-39-23-10-12-25(13-11-23)49-34(35,36)37/h6-16,18,21,28-29,31H,17,19H2,1-5H3,(H2,38,39,40)(H2,41,42,43,44)/t21-,28+,29+,31-/m0/s1. The average molecular weight is 749 g/mol. The SMILES string of the molecule is COc1ccc(N=C(NC(=O)Nc2ccc(C(N)=NC=Nc3ccc(OC(F)(F)F)cc3)cc2)SCS[C@@H]2O[C@@H](C)C[C@@H](OC)[C@H]2OC)c(C)c1. The van der Waals surface area contributed by atoms with Crippen molar-refractivity contribution in [2.75, 3.05) is 31.7 Å². The van der Waals surface area contributed by atoms with Crippen LogP contribution >= 0.6 is 23.5 Å². The summed E-state index contributed by atoms with van der Waals surface area (Å²) in [5, 5.41) is 6.51. The lowest BCUT2D eigenvalue weighted by atomic mass is 10.0. The number of rotatable bonds is 12. The highest BCUT2D eigenvalue weighted by Gasteiger charge is 2.38. The summed E-state index contributed by atoms with van der Waals surface area (Å²) in [7, 11) is 4.89. The molecule has 4 atom stereocenters. The van der Waals surface area contributed by atoms with Gasteiger partial charge in [0, 0.05) is 37.0 Å². The number of nitrogens with zero attached hydrogens (tertiary/aromatic N) is 3. The number of methoxy groups -OCH3 is 3. The minimum atomic E-state index is -4.78. The molecule has 17 heteroatoms. The number of amides is 2. The van der Waals surface area contributed by atoms with Gasteiger partial charge >= 0.3 is 12.4 Å². The number of nitrogens with one attached hydrogen (secondary N) is 2. The van der Waals surface area contributed by atoms with Gasteiger partial charge in [-0.3, -0.25) is 5.32 Å². The van der Waals surface area contributed by atoms with E-state index in [2.05, 4.69) is 25.4 Å². The number of hydrogen-bond acceptors (Lipinski definition) is 10. The van der Waals surface area contributed by atoms with Gasteiger partial charge in [0.2, 0.25) is 0 Å². The van der Waals surface area contributed by atoms with Crippen LogP contribution in [0.5, 0.6) is 11.5 Å². The molecule has 0 saturated carbocycles. The number of benzene rings is 3. The van der Waals surface area contributed by atoms with Gasteiger partial charge in [0.1, 0.15) is 35.2 Å². The summed E-state index contributed by atoms with van der Waals surface area (Å²) >= 11 is 2.87. The fourth-order valence-electron chi connectivity index (χ4n) is 4.82. The molecule has 3 aromatic carbocycles. The molecule has 1 heterocycles. The number of nitrogens with two attached hydrogens (primary N) is 1. The smallest absolute Gasteiger partial charge is 0.497 e. The summed E-state index contributed by atoms with van der Waals surface area (Å²) in [6, 6.07) is 16.6. The third kappa shape index (κ3) is 12.5. The fraction of sp³-hybridized carbons (Fsp3) is 0.353. The Balaban J connectivity index is 1.39. The van der Waals surface area contributed by atoms with E-state index in [1.807, 2.05) is 26.0 Å². The van der Waals surface area contributed by atoms with Crippen LogP contribution in [-0.4, -0.2) is 79.9 Å². The van der Waals surface area contributed by atoms with Crippen LogP contribution in [0.15, 0.2) is 81.7 Å². The lowest BCUT2D eigenvalue weighted by molar-refractivity contribution is -0.274. The second-order valence-electron chi connectivity index (χ2n) is 11.0. The Labute approximate surface area is 302 Å². The molecule has 0 aliphatic carbocycles. The maximum atomic E-state index is 13.1. The van der Waals surface area contributed by atoms with Crippen LogP contribution in [-0.2, 0) is 14.2 Å². The van der Waals surface area contributed by atoms with Gasteiger partial charge in [0.25, 0.3) is 0 Å². The van der Waals surface area contributed by atoms with Crippen LogP contribution in [0, 0.1) is 6.92 Å². The molecule has 0 bridgehead atoms. The van der Waals surface area contributed by atoms with Gasteiger partial charge in [0.15, 0.2) is 5.17 Å². The number of urea groups is 1. The van der Waals surface area contributed by atoms with E-state index in [4.69, 9.17) is 29.7 Å². The number of alkyl halides is 3. The zero-order valence-corrected chi connectivity index (χ0v) is 30.1. The topological polar surface area (TPSA) is 150 Å². The quantitative estimate of drug-likeness (QED) is 0.0981. The maximum absolute atomic E-state index is 13.1. The van der Waals surface area contributed by atoms with Crippen molar-refractivity contribution in [1.82, 2.24) is 5.32 Å². The molecule has 3 aromatic rings. The largest absolute Gasteiger partial charge is 0.573 e. The number of carbonyl (C=O) groups excluding carboxylic acids is 1. The Morgan fingerprint density at radius 3 is 2.37 bits per heavy atom. The lowest BCUT2D eigenvalue weighted by Crippen LogP contribution is -2.48. The van der Waals surface area contributed by atoms with Crippen molar-refractivity contribution in [3.63, 3.8) is 0 Å². The maximum Gasteiger partial charge on any atom is 0.573 e. The van der Waals surface area contributed by atoms with Crippen LogP contribution in [0.4, 0.5) is 35.0 Å². The summed E-state index contributed by atoms with van der Waals surface area (Å²) in [4.78, 5) is 26.0. The van der Waals surface area contributed by atoms with Gasteiger partial charge in [-0.15, -0.1) is 24.9 Å². The summed E-state index contributed by atoms with van der Waals surface area (Å²) in [5.74, 6) is 0.466. The molecule has 274 valence electrons. The monoisotopic (exact) mass is 748 g/mol. The first-order valence-electron chi connectivity index (χ1n) is 15.5. The van der Waals surface area contributed by atoms with Crippen molar-refractivity contribution in [3.8, 4) is 11.5 Å². The number of ether oxygens (including phenoxy) is 5. The predicted molar refractivity (Wildman–Crippen MR) is 196 cm³/mol. The molecule has 4 N–H and O–H groups in total. The van der Waals surface area contributed by atoms with E-state index in [9.17, 15) is 18.0 Å². The molecule has 1 fully saturated rings. The predicted octanol–water partition coefficient (Wildman–Crippen LogP) is 7.37. The molecular formula is C34H39F3N6O6S2. The highest BCUT2D eigenvalue weighted by atomic mass is 32.2. The van der Waals surface area contributed by atoms with E-state index >= 15 is 0 Å². The van der Waals surface area contributed by atoms with Crippen molar-refractivity contribution in [2.24, 2.45) is 20.7 Å².